The van der Waals surface area contributed by atoms with Gasteiger partial charge >= 0.3 is 0 Å². The third-order valence-corrected chi connectivity index (χ3v) is 4.88. The van der Waals surface area contributed by atoms with E-state index in [1.54, 1.807) is 4.90 Å². The second-order valence-electron chi connectivity index (χ2n) is 6.21. The SMILES string of the molecule is O=C1CCC(N2Cc3c(NCCCCCl)cccc3C2=O)C(O)N1. The fraction of sp³-hybridized carbons (Fsp3) is 0.529. The van der Waals surface area contributed by atoms with Crippen molar-refractivity contribution in [3.8, 4) is 0 Å². The molecule has 1 saturated heterocycles. The summed E-state index contributed by atoms with van der Waals surface area (Å²) in [6, 6.07) is 5.26. The second kappa shape index (κ2) is 7.40. The van der Waals surface area contributed by atoms with Crippen LogP contribution in [-0.2, 0) is 11.3 Å². The van der Waals surface area contributed by atoms with Gasteiger partial charge in [-0.25, -0.2) is 0 Å². The van der Waals surface area contributed by atoms with Gasteiger partial charge in [0.2, 0.25) is 5.91 Å². The highest BCUT2D eigenvalue weighted by atomic mass is 35.5. The lowest BCUT2D eigenvalue weighted by molar-refractivity contribution is -0.129. The first kappa shape index (κ1) is 17.0. The third kappa shape index (κ3) is 3.35. The Bertz CT molecular complexity index is 638. The molecule has 2 unspecified atom stereocenters. The fourth-order valence-electron chi connectivity index (χ4n) is 3.33. The lowest BCUT2D eigenvalue weighted by atomic mass is 10.0. The number of nitrogens with one attached hydrogen (secondary N) is 2. The van der Waals surface area contributed by atoms with Crippen LogP contribution in [0.25, 0.3) is 0 Å². The molecule has 0 bridgehead atoms. The molecule has 2 amide bonds. The Hall–Kier alpha value is -1.79. The third-order valence-electron chi connectivity index (χ3n) is 4.61. The number of anilines is 1. The van der Waals surface area contributed by atoms with Gasteiger partial charge in [0, 0.05) is 42.2 Å². The summed E-state index contributed by atoms with van der Waals surface area (Å²) in [6.45, 7) is 1.25. The number of carbonyl (C=O) groups excluding carboxylic acids is 2. The van der Waals surface area contributed by atoms with Crippen LogP contribution >= 0.6 is 11.6 Å². The topological polar surface area (TPSA) is 81.7 Å². The molecular formula is C17H22ClN3O3. The summed E-state index contributed by atoms with van der Waals surface area (Å²) in [5.41, 5.74) is 2.58. The van der Waals surface area contributed by atoms with Crippen LogP contribution in [0.5, 0.6) is 0 Å². The van der Waals surface area contributed by atoms with Gasteiger partial charge in [-0.05, 0) is 31.4 Å². The van der Waals surface area contributed by atoms with Crippen LogP contribution < -0.4 is 10.6 Å². The van der Waals surface area contributed by atoms with Crippen molar-refractivity contribution in [2.24, 2.45) is 0 Å². The van der Waals surface area contributed by atoms with Crippen molar-refractivity contribution in [3.63, 3.8) is 0 Å². The average Bonchev–Trinajstić information content (AvgIpc) is 2.89. The molecule has 130 valence electrons. The molecule has 7 heteroatoms. The minimum atomic E-state index is -1.01. The number of fused-ring (bicyclic) bond motifs is 1. The number of aliphatic hydroxyl groups excluding tert-OH is 1. The first-order valence-electron chi connectivity index (χ1n) is 8.32. The lowest BCUT2D eigenvalue weighted by Gasteiger charge is -2.35. The number of hydrogen-bond acceptors (Lipinski definition) is 4. The van der Waals surface area contributed by atoms with E-state index in [1.165, 1.54) is 0 Å². The number of aliphatic hydroxyl groups is 1. The Morgan fingerprint density at radius 2 is 2.17 bits per heavy atom. The summed E-state index contributed by atoms with van der Waals surface area (Å²) in [6.07, 6.45) is 1.71. The summed E-state index contributed by atoms with van der Waals surface area (Å²) in [4.78, 5) is 25.7. The largest absolute Gasteiger partial charge is 0.385 e. The Morgan fingerprint density at radius 3 is 2.92 bits per heavy atom. The molecule has 3 rings (SSSR count). The molecule has 2 aliphatic heterocycles. The Balaban J connectivity index is 1.73. The van der Waals surface area contributed by atoms with Crippen molar-refractivity contribution in [3.05, 3.63) is 29.3 Å². The summed E-state index contributed by atoms with van der Waals surface area (Å²) < 4.78 is 0. The summed E-state index contributed by atoms with van der Waals surface area (Å²) >= 11 is 5.69. The molecule has 3 N–H and O–H groups in total. The number of hydrogen-bond donors (Lipinski definition) is 3. The van der Waals surface area contributed by atoms with E-state index in [4.69, 9.17) is 11.6 Å². The molecule has 1 aromatic rings. The Morgan fingerprint density at radius 1 is 1.33 bits per heavy atom. The molecule has 24 heavy (non-hydrogen) atoms. The van der Waals surface area contributed by atoms with Crippen LogP contribution in [0.2, 0.25) is 0 Å². The van der Waals surface area contributed by atoms with Crippen molar-refractivity contribution in [2.75, 3.05) is 17.7 Å². The quantitative estimate of drug-likeness (QED) is 0.538. The summed E-state index contributed by atoms with van der Waals surface area (Å²) in [5, 5.41) is 16.0. The zero-order valence-corrected chi connectivity index (χ0v) is 14.2. The number of amides is 2. The first-order chi connectivity index (χ1) is 11.6. The maximum Gasteiger partial charge on any atom is 0.254 e. The predicted octanol–water partition coefficient (Wildman–Crippen LogP) is 1.67. The molecule has 0 aromatic heterocycles. The molecule has 2 atom stereocenters. The number of piperidine rings is 1. The minimum absolute atomic E-state index is 0.0883. The highest BCUT2D eigenvalue weighted by Crippen LogP contribution is 2.32. The highest BCUT2D eigenvalue weighted by Gasteiger charge is 2.39. The van der Waals surface area contributed by atoms with Crippen molar-refractivity contribution < 1.29 is 14.7 Å². The Kier molecular flexibility index (Phi) is 5.26. The van der Waals surface area contributed by atoms with E-state index < -0.39 is 6.23 Å². The van der Waals surface area contributed by atoms with Crippen LogP contribution in [-0.4, -0.2) is 46.5 Å². The zero-order chi connectivity index (χ0) is 17.1. The van der Waals surface area contributed by atoms with Crippen LogP contribution in [0.15, 0.2) is 18.2 Å². The van der Waals surface area contributed by atoms with Crippen molar-refractivity contribution in [1.82, 2.24) is 10.2 Å². The number of nitrogens with zero attached hydrogens (tertiary/aromatic N) is 1. The van der Waals surface area contributed by atoms with E-state index in [1.807, 2.05) is 18.2 Å². The zero-order valence-electron chi connectivity index (χ0n) is 13.4. The van der Waals surface area contributed by atoms with Gasteiger partial charge in [0.1, 0.15) is 6.23 Å². The number of benzene rings is 1. The summed E-state index contributed by atoms with van der Waals surface area (Å²) in [7, 11) is 0. The number of carbonyl (C=O) groups is 2. The van der Waals surface area contributed by atoms with Crippen LogP contribution in [0.3, 0.4) is 0 Å². The molecule has 0 saturated carbocycles. The number of unbranched alkanes of at least 4 members (excludes halogenated alkanes) is 1. The van der Waals surface area contributed by atoms with E-state index in [0.29, 0.717) is 30.8 Å². The monoisotopic (exact) mass is 351 g/mol. The highest BCUT2D eigenvalue weighted by molar-refractivity contribution is 6.17. The lowest BCUT2D eigenvalue weighted by Crippen LogP contribution is -2.55. The van der Waals surface area contributed by atoms with Gasteiger partial charge in [0.05, 0.1) is 6.04 Å². The second-order valence-corrected chi connectivity index (χ2v) is 6.58. The van der Waals surface area contributed by atoms with Crippen molar-refractivity contribution in [1.29, 1.82) is 0 Å². The van der Waals surface area contributed by atoms with E-state index >= 15 is 0 Å². The Labute approximate surface area is 146 Å². The van der Waals surface area contributed by atoms with E-state index in [9.17, 15) is 14.7 Å². The van der Waals surface area contributed by atoms with Crippen LogP contribution in [0, 0.1) is 0 Å². The van der Waals surface area contributed by atoms with Gasteiger partial charge in [-0.3, -0.25) is 9.59 Å². The molecule has 1 fully saturated rings. The fourth-order valence-corrected chi connectivity index (χ4v) is 3.52. The maximum absolute atomic E-state index is 12.7. The maximum atomic E-state index is 12.7. The average molecular weight is 352 g/mol. The van der Waals surface area contributed by atoms with Gasteiger partial charge in [-0.15, -0.1) is 11.6 Å². The smallest absolute Gasteiger partial charge is 0.254 e. The van der Waals surface area contributed by atoms with Gasteiger partial charge < -0.3 is 20.6 Å². The van der Waals surface area contributed by atoms with Gasteiger partial charge in [0.15, 0.2) is 0 Å². The first-order valence-corrected chi connectivity index (χ1v) is 8.85. The standard InChI is InChI=1S/C17H22ClN3O3/c18-8-1-2-9-19-13-5-3-4-11-12(13)10-21(17(11)24)14-6-7-15(22)20-16(14)23/h3-5,14,16,19,23H,1-2,6-10H2,(H,20,22). The summed E-state index contributed by atoms with van der Waals surface area (Å²) in [5.74, 6) is 0.380. The van der Waals surface area contributed by atoms with E-state index in [2.05, 4.69) is 10.6 Å². The molecular weight excluding hydrogens is 330 g/mol. The number of alkyl halides is 1. The predicted molar refractivity (Wildman–Crippen MR) is 91.9 cm³/mol. The van der Waals surface area contributed by atoms with Gasteiger partial charge in [-0.1, -0.05) is 6.07 Å². The molecule has 2 aliphatic rings. The normalized spacial score (nSPS) is 23.2. The van der Waals surface area contributed by atoms with Crippen molar-refractivity contribution >= 4 is 29.1 Å². The van der Waals surface area contributed by atoms with E-state index in [-0.39, 0.29) is 17.9 Å². The molecule has 0 radical (unpaired) electrons. The molecule has 2 heterocycles. The van der Waals surface area contributed by atoms with Gasteiger partial charge in [0.25, 0.3) is 5.91 Å². The minimum Gasteiger partial charge on any atom is -0.385 e. The molecule has 0 spiro atoms. The molecule has 6 nitrogen and oxygen atoms in total. The van der Waals surface area contributed by atoms with E-state index in [0.717, 1.165) is 30.6 Å². The molecule has 0 aliphatic carbocycles. The number of halogens is 1. The van der Waals surface area contributed by atoms with Gasteiger partial charge in [-0.2, -0.15) is 0 Å². The van der Waals surface area contributed by atoms with Crippen LogP contribution in [0.4, 0.5) is 5.69 Å². The number of rotatable bonds is 6. The van der Waals surface area contributed by atoms with Crippen LogP contribution in [0.1, 0.15) is 41.6 Å². The van der Waals surface area contributed by atoms with Crippen molar-refractivity contribution in [2.45, 2.75) is 44.5 Å². The molecule has 1 aromatic carbocycles.